The summed E-state index contributed by atoms with van der Waals surface area (Å²) >= 11 is 0. The molecule has 0 amide bonds. The van der Waals surface area contributed by atoms with Crippen LogP contribution in [0, 0.1) is 13.8 Å². The topological polar surface area (TPSA) is 34.9 Å². The number of aryl methyl sites for hydroxylation is 2. The summed E-state index contributed by atoms with van der Waals surface area (Å²) in [5.41, 5.74) is 2.66. The van der Waals surface area contributed by atoms with Crippen molar-refractivity contribution in [3.05, 3.63) is 76.0 Å². The van der Waals surface area contributed by atoms with Crippen LogP contribution >= 0.6 is 0 Å². The Morgan fingerprint density at radius 2 is 1.80 bits per heavy atom. The zero-order valence-corrected chi connectivity index (χ0v) is 11.6. The first kappa shape index (κ1) is 12.6. The fourth-order valence-corrected chi connectivity index (χ4v) is 2.57. The van der Waals surface area contributed by atoms with Crippen molar-refractivity contribution in [1.82, 2.24) is 9.55 Å². The molecule has 3 rings (SSSR count). The molecule has 2 aromatic carbocycles. The monoisotopic (exact) mass is 264 g/mol. The summed E-state index contributed by atoms with van der Waals surface area (Å²) in [6.07, 6.45) is 0. The van der Waals surface area contributed by atoms with Gasteiger partial charge in [0.05, 0.1) is 6.54 Å². The van der Waals surface area contributed by atoms with Crippen molar-refractivity contribution >= 4 is 10.8 Å². The van der Waals surface area contributed by atoms with E-state index in [4.69, 9.17) is 0 Å². The molecule has 100 valence electrons. The molecule has 3 nitrogen and oxygen atoms in total. The number of nitrogens with zero attached hydrogens (tertiary/aromatic N) is 2. The van der Waals surface area contributed by atoms with E-state index in [1.165, 1.54) is 10.8 Å². The fraction of sp³-hybridized carbons (Fsp3) is 0.176. The Balaban J connectivity index is 2.13. The third-order valence-corrected chi connectivity index (χ3v) is 3.55. The summed E-state index contributed by atoms with van der Waals surface area (Å²) in [5, 5.41) is 2.37. The molecular weight excluding hydrogens is 248 g/mol. The molecule has 3 heteroatoms. The minimum atomic E-state index is -0.185. The second-order valence-corrected chi connectivity index (χ2v) is 5.05. The number of benzene rings is 2. The van der Waals surface area contributed by atoms with Gasteiger partial charge in [0.1, 0.15) is 0 Å². The van der Waals surface area contributed by atoms with Crippen LogP contribution in [0.2, 0.25) is 0 Å². The SMILES string of the molecule is Cc1cc(C)n(Cc2cccc3ccccc23)c(=O)n1. The molecule has 1 aromatic heterocycles. The molecular formula is C17H16N2O. The van der Waals surface area contributed by atoms with Crippen LogP contribution in [-0.2, 0) is 6.54 Å². The van der Waals surface area contributed by atoms with Gasteiger partial charge in [-0.2, -0.15) is 4.98 Å². The van der Waals surface area contributed by atoms with E-state index in [0.29, 0.717) is 6.54 Å². The molecule has 20 heavy (non-hydrogen) atoms. The Hall–Kier alpha value is -2.42. The number of rotatable bonds is 2. The first-order chi connectivity index (χ1) is 9.65. The summed E-state index contributed by atoms with van der Waals surface area (Å²) in [6.45, 7) is 4.34. The second-order valence-electron chi connectivity index (χ2n) is 5.05. The highest BCUT2D eigenvalue weighted by Gasteiger charge is 2.06. The van der Waals surface area contributed by atoms with E-state index in [9.17, 15) is 4.79 Å². The van der Waals surface area contributed by atoms with Crippen molar-refractivity contribution in [2.45, 2.75) is 20.4 Å². The number of aromatic nitrogens is 2. The summed E-state index contributed by atoms with van der Waals surface area (Å²) in [7, 11) is 0. The van der Waals surface area contributed by atoms with E-state index >= 15 is 0 Å². The van der Waals surface area contributed by atoms with E-state index < -0.39 is 0 Å². The van der Waals surface area contributed by atoms with Gasteiger partial charge in [0.25, 0.3) is 0 Å². The Kier molecular flexibility index (Phi) is 3.11. The average molecular weight is 264 g/mol. The van der Waals surface area contributed by atoms with Crippen LogP contribution in [0.5, 0.6) is 0 Å². The summed E-state index contributed by atoms with van der Waals surface area (Å²) < 4.78 is 1.72. The van der Waals surface area contributed by atoms with Crippen molar-refractivity contribution in [2.24, 2.45) is 0 Å². The van der Waals surface area contributed by atoms with Gasteiger partial charge in [0, 0.05) is 11.4 Å². The maximum atomic E-state index is 12.1. The molecule has 0 aliphatic carbocycles. The van der Waals surface area contributed by atoms with Crippen molar-refractivity contribution in [3.63, 3.8) is 0 Å². The lowest BCUT2D eigenvalue weighted by Crippen LogP contribution is -2.26. The van der Waals surface area contributed by atoms with E-state index in [1.807, 2.05) is 38.1 Å². The maximum absolute atomic E-state index is 12.1. The third kappa shape index (κ3) is 2.23. The molecule has 0 bridgehead atoms. The van der Waals surface area contributed by atoms with Crippen LogP contribution in [-0.4, -0.2) is 9.55 Å². The molecule has 0 aliphatic rings. The van der Waals surface area contributed by atoms with Crippen LogP contribution in [0.4, 0.5) is 0 Å². The number of hydrogen-bond donors (Lipinski definition) is 0. The number of hydrogen-bond acceptors (Lipinski definition) is 2. The lowest BCUT2D eigenvalue weighted by Gasteiger charge is -2.11. The third-order valence-electron chi connectivity index (χ3n) is 3.55. The van der Waals surface area contributed by atoms with Crippen molar-refractivity contribution in [1.29, 1.82) is 0 Å². The molecule has 0 aliphatic heterocycles. The van der Waals surface area contributed by atoms with Gasteiger partial charge in [-0.3, -0.25) is 4.57 Å². The Morgan fingerprint density at radius 1 is 1.05 bits per heavy atom. The molecule has 0 radical (unpaired) electrons. The molecule has 0 saturated heterocycles. The maximum Gasteiger partial charge on any atom is 0.348 e. The average Bonchev–Trinajstić information content (AvgIpc) is 2.43. The zero-order valence-electron chi connectivity index (χ0n) is 11.6. The second kappa shape index (κ2) is 4.93. The minimum Gasteiger partial charge on any atom is -0.292 e. The van der Waals surface area contributed by atoms with E-state index in [-0.39, 0.29) is 5.69 Å². The summed E-state index contributed by atoms with van der Waals surface area (Å²) in [4.78, 5) is 16.1. The molecule has 0 unspecified atom stereocenters. The first-order valence-electron chi connectivity index (χ1n) is 6.67. The Morgan fingerprint density at radius 3 is 2.60 bits per heavy atom. The van der Waals surface area contributed by atoms with E-state index in [1.54, 1.807) is 4.57 Å². The fourth-order valence-electron chi connectivity index (χ4n) is 2.57. The lowest BCUT2D eigenvalue weighted by atomic mass is 10.0. The van der Waals surface area contributed by atoms with Crippen LogP contribution in [0.15, 0.2) is 53.3 Å². The van der Waals surface area contributed by atoms with Crippen molar-refractivity contribution < 1.29 is 0 Å². The largest absolute Gasteiger partial charge is 0.348 e. The quantitative estimate of drug-likeness (QED) is 0.713. The highest BCUT2D eigenvalue weighted by molar-refractivity contribution is 5.85. The molecule has 1 heterocycles. The first-order valence-corrected chi connectivity index (χ1v) is 6.67. The highest BCUT2D eigenvalue weighted by Crippen LogP contribution is 2.19. The van der Waals surface area contributed by atoms with E-state index in [2.05, 4.69) is 29.2 Å². The van der Waals surface area contributed by atoms with Crippen LogP contribution < -0.4 is 5.69 Å². The highest BCUT2D eigenvalue weighted by atomic mass is 16.1. The molecule has 0 fully saturated rings. The smallest absolute Gasteiger partial charge is 0.292 e. The Labute approximate surface area is 117 Å². The van der Waals surface area contributed by atoms with Gasteiger partial charge in [-0.05, 0) is 36.2 Å². The van der Waals surface area contributed by atoms with Gasteiger partial charge in [0.2, 0.25) is 0 Å². The van der Waals surface area contributed by atoms with Gasteiger partial charge in [0.15, 0.2) is 0 Å². The standard InChI is InChI=1S/C17H16N2O/c1-12-10-13(2)19(17(20)18-12)11-15-8-5-7-14-6-3-4-9-16(14)15/h3-10H,11H2,1-2H3. The predicted octanol–water partition coefficient (Wildman–Crippen LogP) is 3.06. The number of fused-ring (bicyclic) bond motifs is 1. The molecule has 0 atom stereocenters. The zero-order chi connectivity index (χ0) is 14.1. The molecule has 0 spiro atoms. The summed E-state index contributed by atoms with van der Waals surface area (Å²) in [5.74, 6) is 0. The van der Waals surface area contributed by atoms with Crippen LogP contribution in [0.1, 0.15) is 17.0 Å². The lowest BCUT2D eigenvalue weighted by molar-refractivity contribution is 0.697. The summed E-state index contributed by atoms with van der Waals surface area (Å²) in [6, 6.07) is 16.3. The van der Waals surface area contributed by atoms with Crippen molar-refractivity contribution in [2.75, 3.05) is 0 Å². The van der Waals surface area contributed by atoms with Gasteiger partial charge in [-0.1, -0.05) is 42.5 Å². The minimum absolute atomic E-state index is 0.185. The molecule has 0 N–H and O–H groups in total. The van der Waals surface area contributed by atoms with Gasteiger partial charge >= 0.3 is 5.69 Å². The van der Waals surface area contributed by atoms with E-state index in [0.717, 1.165) is 17.0 Å². The van der Waals surface area contributed by atoms with Gasteiger partial charge < -0.3 is 0 Å². The van der Waals surface area contributed by atoms with Gasteiger partial charge in [-0.25, -0.2) is 4.79 Å². The predicted molar refractivity (Wildman–Crippen MR) is 81.0 cm³/mol. The van der Waals surface area contributed by atoms with Gasteiger partial charge in [-0.15, -0.1) is 0 Å². The van der Waals surface area contributed by atoms with Crippen molar-refractivity contribution in [3.8, 4) is 0 Å². The van der Waals surface area contributed by atoms with Crippen LogP contribution in [0.25, 0.3) is 10.8 Å². The Bertz CT molecular complexity index is 829. The van der Waals surface area contributed by atoms with Crippen LogP contribution in [0.3, 0.4) is 0 Å². The normalized spacial score (nSPS) is 10.9. The molecule has 0 saturated carbocycles. The molecule has 3 aromatic rings.